The molecule has 0 aromatic carbocycles. The van der Waals surface area contributed by atoms with Crippen LogP contribution in [-0.4, -0.2) is 56.9 Å². The smallest absolute Gasteiger partial charge is 0.155 e. The average Bonchev–Trinajstić information content (AvgIpc) is 3.03. The van der Waals surface area contributed by atoms with Gasteiger partial charge in [0.05, 0.1) is 16.2 Å². The third-order valence-corrected chi connectivity index (χ3v) is 9.92. The Kier molecular flexibility index (Phi) is 9.52. The maximum atomic E-state index is 9.94. The van der Waals surface area contributed by atoms with E-state index < -0.39 is 0 Å². The van der Waals surface area contributed by atoms with Gasteiger partial charge >= 0.3 is 0 Å². The molecule has 0 spiro atoms. The highest BCUT2D eigenvalue weighted by Gasteiger charge is 2.28. The molecule has 4 rings (SSSR count). The van der Waals surface area contributed by atoms with E-state index in [0.29, 0.717) is 18.0 Å². The van der Waals surface area contributed by atoms with E-state index in [-0.39, 0.29) is 11.5 Å². The van der Waals surface area contributed by atoms with Crippen molar-refractivity contribution < 1.29 is 5.11 Å². The fraction of sp³-hybridized carbons (Fsp3) is 0.700. The summed E-state index contributed by atoms with van der Waals surface area (Å²) in [6.45, 7) is 13.4. The SMILES string of the molecule is CCC(C)(C)C(C)N(C)Cc1cc(N=C2CCC(C)C3=CCCN=C3S2)nc(NC2CCC(O)CC2)c1. The molecule has 1 aliphatic carbocycles. The molecular weight excluding hydrogens is 478 g/mol. The standard InChI is InChI=1S/C30H47N5OS/c1-7-30(4,5)21(3)35(6)19-22-17-26(32-23-11-13-24(36)14-12-23)33-27(18-22)34-28-15-10-20(2)25-9-8-16-31-29(25)37-28/h9,17-18,20-21,23-24,36H,7-8,10-16,19H2,1-6H3,(H,32,33). The number of dihydropyridines is 1. The van der Waals surface area contributed by atoms with Gasteiger partial charge in [-0.3, -0.25) is 9.89 Å². The molecule has 3 heterocycles. The fourth-order valence-corrected chi connectivity index (χ4v) is 6.61. The summed E-state index contributed by atoms with van der Waals surface area (Å²) in [5.74, 6) is 2.21. The zero-order valence-electron chi connectivity index (χ0n) is 23.8. The number of thioether (sulfide) groups is 1. The summed E-state index contributed by atoms with van der Waals surface area (Å²) >= 11 is 1.74. The van der Waals surface area contributed by atoms with Crippen molar-refractivity contribution in [2.45, 2.75) is 111 Å². The van der Waals surface area contributed by atoms with Crippen molar-refractivity contribution in [2.24, 2.45) is 21.3 Å². The Morgan fingerprint density at radius 3 is 2.70 bits per heavy atom. The molecule has 1 aromatic heterocycles. The minimum absolute atomic E-state index is 0.160. The van der Waals surface area contributed by atoms with Crippen LogP contribution in [0.1, 0.15) is 91.5 Å². The summed E-state index contributed by atoms with van der Waals surface area (Å²) in [6.07, 6.45) is 10.1. The Labute approximate surface area is 228 Å². The number of nitrogens with one attached hydrogen (secondary N) is 1. The number of aliphatic hydroxyl groups excluding tert-OH is 1. The van der Waals surface area contributed by atoms with Crippen LogP contribution in [0.15, 0.2) is 33.8 Å². The lowest BCUT2D eigenvalue weighted by Gasteiger charge is -2.37. The van der Waals surface area contributed by atoms with Crippen molar-refractivity contribution in [3.8, 4) is 0 Å². The quantitative estimate of drug-likeness (QED) is 0.383. The number of hydrogen-bond acceptors (Lipinski definition) is 7. The van der Waals surface area contributed by atoms with Crippen LogP contribution in [0.5, 0.6) is 0 Å². The maximum Gasteiger partial charge on any atom is 0.155 e. The van der Waals surface area contributed by atoms with E-state index in [0.717, 1.165) is 86.2 Å². The van der Waals surface area contributed by atoms with Crippen LogP contribution in [0, 0.1) is 11.3 Å². The van der Waals surface area contributed by atoms with Gasteiger partial charge in [0.15, 0.2) is 5.82 Å². The molecule has 1 saturated carbocycles. The molecular formula is C30H47N5OS. The Balaban J connectivity index is 1.60. The lowest BCUT2D eigenvalue weighted by atomic mass is 9.82. The second-order valence-corrected chi connectivity index (χ2v) is 13.0. The van der Waals surface area contributed by atoms with E-state index >= 15 is 0 Å². The molecule has 1 aromatic rings. The monoisotopic (exact) mass is 525 g/mol. The number of hydrogen-bond donors (Lipinski definition) is 2. The molecule has 3 aliphatic rings. The summed E-state index contributed by atoms with van der Waals surface area (Å²) in [4.78, 5) is 17.4. The third-order valence-electron chi connectivity index (χ3n) is 8.83. The molecule has 0 bridgehead atoms. The Bertz CT molecular complexity index is 1020. The molecule has 6 nitrogen and oxygen atoms in total. The van der Waals surface area contributed by atoms with Gasteiger partial charge < -0.3 is 10.4 Å². The van der Waals surface area contributed by atoms with Crippen molar-refractivity contribution >= 4 is 33.5 Å². The third kappa shape index (κ3) is 7.45. The lowest BCUT2D eigenvalue weighted by Crippen LogP contribution is -2.40. The topological polar surface area (TPSA) is 73.1 Å². The van der Waals surface area contributed by atoms with Crippen molar-refractivity contribution in [1.29, 1.82) is 0 Å². The van der Waals surface area contributed by atoms with Gasteiger partial charge in [-0.05, 0) is 99.9 Å². The molecule has 37 heavy (non-hydrogen) atoms. The molecule has 1 saturated heterocycles. The zero-order chi connectivity index (χ0) is 26.6. The molecule has 0 radical (unpaired) electrons. The van der Waals surface area contributed by atoms with Crippen LogP contribution < -0.4 is 5.32 Å². The van der Waals surface area contributed by atoms with Gasteiger partial charge in [-0.1, -0.05) is 45.5 Å². The highest BCUT2D eigenvalue weighted by molar-refractivity contribution is 8.27. The van der Waals surface area contributed by atoms with Gasteiger partial charge in [0.1, 0.15) is 5.82 Å². The second kappa shape index (κ2) is 12.4. The highest BCUT2D eigenvalue weighted by Crippen LogP contribution is 2.35. The zero-order valence-corrected chi connectivity index (χ0v) is 24.6. The van der Waals surface area contributed by atoms with Crippen LogP contribution in [-0.2, 0) is 6.54 Å². The first-order chi connectivity index (χ1) is 17.6. The van der Waals surface area contributed by atoms with Gasteiger partial charge in [-0.25, -0.2) is 9.98 Å². The van der Waals surface area contributed by atoms with E-state index in [1.54, 1.807) is 11.8 Å². The van der Waals surface area contributed by atoms with Crippen LogP contribution in [0.3, 0.4) is 0 Å². The van der Waals surface area contributed by atoms with Gasteiger partial charge in [-0.15, -0.1) is 0 Å². The van der Waals surface area contributed by atoms with E-state index in [2.05, 4.69) is 70.1 Å². The van der Waals surface area contributed by atoms with Gasteiger partial charge in [0.25, 0.3) is 0 Å². The summed E-state index contributed by atoms with van der Waals surface area (Å²) in [6, 6.07) is 5.16. The van der Waals surface area contributed by atoms with Crippen molar-refractivity contribution in [1.82, 2.24) is 9.88 Å². The number of nitrogens with zero attached hydrogens (tertiary/aromatic N) is 4. The molecule has 2 unspecified atom stereocenters. The molecule has 0 amide bonds. The highest BCUT2D eigenvalue weighted by atomic mass is 32.2. The average molecular weight is 526 g/mol. The molecule has 2 N–H and O–H groups in total. The lowest BCUT2D eigenvalue weighted by molar-refractivity contribution is 0.116. The Hall–Kier alpha value is -1.70. The number of aromatic nitrogens is 1. The van der Waals surface area contributed by atoms with E-state index in [1.165, 1.54) is 11.1 Å². The van der Waals surface area contributed by atoms with E-state index in [1.807, 2.05) is 0 Å². The van der Waals surface area contributed by atoms with E-state index in [4.69, 9.17) is 15.0 Å². The first kappa shape index (κ1) is 28.3. The number of anilines is 1. The van der Waals surface area contributed by atoms with Crippen LogP contribution in [0.2, 0.25) is 0 Å². The number of pyridine rings is 1. The summed E-state index contributed by atoms with van der Waals surface area (Å²) in [5.41, 5.74) is 2.88. The van der Waals surface area contributed by atoms with Crippen LogP contribution >= 0.6 is 11.8 Å². The predicted octanol–water partition coefficient (Wildman–Crippen LogP) is 6.98. The molecule has 2 atom stereocenters. The first-order valence-electron chi connectivity index (χ1n) is 14.3. The minimum atomic E-state index is -0.160. The first-order valence-corrected chi connectivity index (χ1v) is 15.1. The van der Waals surface area contributed by atoms with Crippen molar-refractivity contribution in [2.75, 3.05) is 18.9 Å². The normalized spacial score (nSPS) is 26.8. The van der Waals surface area contributed by atoms with Crippen molar-refractivity contribution in [3.63, 3.8) is 0 Å². The fourth-order valence-electron chi connectivity index (χ4n) is 5.47. The second-order valence-electron chi connectivity index (χ2n) is 12.0. The largest absolute Gasteiger partial charge is 0.393 e. The minimum Gasteiger partial charge on any atom is -0.393 e. The predicted molar refractivity (Wildman–Crippen MR) is 159 cm³/mol. The number of aliphatic hydroxyl groups is 1. The molecule has 204 valence electrons. The molecule has 2 fully saturated rings. The maximum absolute atomic E-state index is 9.94. The van der Waals surface area contributed by atoms with Gasteiger partial charge in [0.2, 0.25) is 0 Å². The van der Waals surface area contributed by atoms with Crippen LogP contribution in [0.25, 0.3) is 0 Å². The molecule has 2 aliphatic heterocycles. The van der Waals surface area contributed by atoms with E-state index in [9.17, 15) is 5.11 Å². The Morgan fingerprint density at radius 1 is 1.22 bits per heavy atom. The number of aliphatic imine (C=N–C) groups is 2. The number of rotatable bonds is 8. The summed E-state index contributed by atoms with van der Waals surface area (Å²) < 4.78 is 0. The summed E-state index contributed by atoms with van der Waals surface area (Å²) in [5, 5.41) is 15.9. The Morgan fingerprint density at radius 2 is 1.97 bits per heavy atom. The van der Waals surface area contributed by atoms with Gasteiger partial charge in [-0.2, -0.15) is 0 Å². The molecule has 7 heteroatoms. The summed E-state index contributed by atoms with van der Waals surface area (Å²) in [7, 11) is 2.22. The number of fused-ring (bicyclic) bond motifs is 1. The van der Waals surface area contributed by atoms with Gasteiger partial charge in [0, 0.05) is 25.2 Å². The van der Waals surface area contributed by atoms with Crippen molar-refractivity contribution in [3.05, 3.63) is 29.3 Å². The van der Waals surface area contributed by atoms with Crippen LogP contribution in [0.4, 0.5) is 11.6 Å².